The molecular weight excluding hydrogens is 789 g/mol. The zero-order chi connectivity index (χ0) is 45.3. The SMILES string of the molecule is C#CCN(CC(=O)N(CCOC)CC(=O)Oc1ccccc1C=O)C(=O)CN(CCC)C(=O)CN(CC=C)C(=O)CN(CCOC)C(=O)CN(C(C)=O)[C@@H](C)c1ccccc1. The Morgan fingerprint density at radius 2 is 1.20 bits per heavy atom. The van der Waals surface area contributed by atoms with E-state index in [1.54, 1.807) is 26.0 Å². The highest BCUT2D eigenvalue weighted by molar-refractivity contribution is 5.93. The average molecular weight is 847 g/mol. The number of rotatable bonds is 27. The van der Waals surface area contributed by atoms with Crippen molar-refractivity contribution in [3.8, 4) is 18.1 Å². The second-order valence-electron chi connectivity index (χ2n) is 13.8. The van der Waals surface area contributed by atoms with Crippen molar-refractivity contribution in [2.24, 2.45) is 0 Å². The number of carbonyl (C=O) groups is 8. The van der Waals surface area contributed by atoms with Gasteiger partial charge in [0.05, 0.1) is 44.5 Å². The second-order valence-corrected chi connectivity index (χ2v) is 13.8. The van der Waals surface area contributed by atoms with E-state index in [2.05, 4.69) is 12.5 Å². The van der Waals surface area contributed by atoms with Crippen LogP contribution in [0.1, 0.15) is 49.2 Å². The Morgan fingerprint density at radius 1 is 0.705 bits per heavy atom. The first-order valence-electron chi connectivity index (χ1n) is 19.7. The molecule has 0 aromatic heterocycles. The van der Waals surface area contributed by atoms with Crippen LogP contribution in [0, 0.1) is 12.3 Å². The van der Waals surface area contributed by atoms with Crippen LogP contribution in [0.15, 0.2) is 67.3 Å². The molecule has 0 N–H and O–H groups in total. The van der Waals surface area contributed by atoms with Crippen molar-refractivity contribution in [3.63, 3.8) is 0 Å². The molecule has 0 bridgehead atoms. The Morgan fingerprint density at radius 3 is 1.74 bits per heavy atom. The summed E-state index contributed by atoms with van der Waals surface area (Å²) in [6.45, 7) is 5.79. The van der Waals surface area contributed by atoms with Crippen LogP contribution >= 0.6 is 0 Å². The molecule has 0 saturated heterocycles. The van der Waals surface area contributed by atoms with Gasteiger partial charge in [-0.15, -0.1) is 13.0 Å². The minimum atomic E-state index is -0.839. The number of terminal acetylenes is 1. The van der Waals surface area contributed by atoms with E-state index in [0.29, 0.717) is 12.7 Å². The molecule has 0 aliphatic rings. The van der Waals surface area contributed by atoms with Gasteiger partial charge in [0.25, 0.3) is 0 Å². The first-order chi connectivity index (χ1) is 29.2. The Hall–Kier alpha value is -6.38. The maximum absolute atomic E-state index is 13.8. The van der Waals surface area contributed by atoms with Crippen LogP contribution in [0.2, 0.25) is 0 Å². The molecular formula is C44H58N6O11. The van der Waals surface area contributed by atoms with Crippen molar-refractivity contribution >= 4 is 47.7 Å². The lowest BCUT2D eigenvalue weighted by atomic mass is 10.1. The lowest BCUT2D eigenvalue weighted by molar-refractivity contribution is -0.148. The molecule has 0 spiro atoms. The molecule has 0 unspecified atom stereocenters. The van der Waals surface area contributed by atoms with Crippen LogP contribution in [-0.2, 0) is 43.0 Å². The second kappa shape index (κ2) is 27.4. The van der Waals surface area contributed by atoms with Crippen LogP contribution in [0.4, 0.5) is 0 Å². The number of hydrogen-bond acceptors (Lipinski definition) is 11. The van der Waals surface area contributed by atoms with Crippen LogP contribution < -0.4 is 4.74 Å². The summed E-state index contributed by atoms with van der Waals surface area (Å²) in [5.74, 6) is -1.82. The van der Waals surface area contributed by atoms with Gasteiger partial charge in [-0.05, 0) is 31.0 Å². The minimum absolute atomic E-state index is 0.0157. The summed E-state index contributed by atoms with van der Waals surface area (Å²) in [5, 5.41) is 0. The number of nitrogens with zero attached hydrogens (tertiary/aromatic N) is 6. The van der Waals surface area contributed by atoms with Gasteiger partial charge in [0.15, 0.2) is 6.29 Å². The number of hydrogen-bond donors (Lipinski definition) is 0. The molecule has 0 radical (unpaired) electrons. The van der Waals surface area contributed by atoms with E-state index in [0.717, 1.165) is 15.4 Å². The van der Waals surface area contributed by atoms with Crippen molar-refractivity contribution in [1.82, 2.24) is 29.4 Å². The normalized spacial score (nSPS) is 11.0. The minimum Gasteiger partial charge on any atom is -0.424 e. The number of amides is 6. The molecule has 330 valence electrons. The van der Waals surface area contributed by atoms with Gasteiger partial charge in [0.1, 0.15) is 31.9 Å². The molecule has 6 amide bonds. The van der Waals surface area contributed by atoms with Gasteiger partial charge in [-0.3, -0.25) is 33.6 Å². The van der Waals surface area contributed by atoms with Crippen LogP contribution in [0.3, 0.4) is 0 Å². The molecule has 0 heterocycles. The Balaban J connectivity index is 2.21. The summed E-state index contributed by atoms with van der Waals surface area (Å²) < 4.78 is 15.6. The third-order valence-electron chi connectivity index (χ3n) is 9.37. The van der Waals surface area contributed by atoms with E-state index in [1.807, 2.05) is 30.3 Å². The maximum Gasteiger partial charge on any atom is 0.331 e. The van der Waals surface area contributed by atoms with Crippen LogP contribution in [0.25, 0.3) is 0 Å². The van der Waals surface area contributed by atoms with Gasteiger partial charge in [-0.1, -0.05) is 61.4 Å². The molecule has 17 heteroatoms. The quantitative estimate of drug-likeness (QED) is 0.0419. The third kappa shape index (κ3) is 17.0. The fourth-order valence-electron chi connectivity index (χ4n) is 6.01. The lowest BCUT2D eigenvalue weighted by Gasteiger charge is -2.32. The number of methoxy groups -OCH3 is 2. The highest BCUT2D eigenvalue weighted by atomic mass is 16.5. The number of para-hydroxylation sites is 1. The third-order valence-corrected chi connectivity index (χ3v) is 9.37. The largest absolute Gasteiger partial charge is 0.424 e. The summed E-state index contributed by atoms with van der Waals surface area (Å²) in [4.78, 5) is 113. The summed E-state index contributed by atoms with van der Waals surface area (Å²) in [5.41, 5.74) is 0.964. The Labute approximate surface area is 358 Å². The maximum atomic E-state index is 13.8. The highest BCUT2D eigenvalue weighted by Crippen LogP contribution is 2.20. The number of aldehydes is 1. The van der Waals surface area contributed by atoms with E-state index >= 15 is 0 Å². The first kappa shape index (κ1) is 50.8. The monoisotopic (exact) mass is 846 g/mol. The average Bonchev–Trinajstić information content (AvgIpc) is 3.24. The topological polar surface area (TPSA) is 184 Å². The Bertz CT molecular complexity index is 1850. The number of ether oxygens (including phenoxy) is 3. The number of carbonyl (C=O) groups excluding carboxylic acids is 8. The Kier molecular flexibility index (Phi) is 22.8. The van der Waals surface area contributed by atoms with E-state index in [9.17, 15) is 38.4 Å². The molecule has 0 fully saturated rings. The van der Waals surface area contributed by atoms with Gasteiger partial charge < -0.3 is 43.6 Å². The molecule has 2 aromatic carbocycles. The smallest absolute Gasteiger partial charge is 0.331 e. The molecule has 2 aromatic rings. The summed E-state index contributed by atoms with van der Waals surface area (Å²) in [7, 11) is 2.86. The lowest BCUT2D eigenvalue weighted by Crippen LogP contribution is -2.52. The van der Waals surface area contributed by atoms with Gasteiger partial charge in [-0.2, -0.15) is 0 Å². The van der Waals surface area contributed by atoms with Crippen molar-refractivity contribution in [1.29, 1.82) is 0 Å². The van der Waals surface area contributed by atoms with Crippen molar-refractivity contribution < 1.29 is 52.6 Å². The molecule has 0 aliphatic heterocycles. The molecule has 1 atom stereocenters. The van der Waals surface area contributed by atoms with E-state index in [-0.39, 0.29) is 69.7 Å². The summed E-state index contributed by atoms with van der Waals surface area (Å²) in [6.07, 6.45) is 7.96. The molecule has 17 nitrogen and oxygen atoms in total. The molecule has 61 heavy (non-hydrogen) atoms. The zero-order valence-electron chi connectivity index (χ0n) is 35.8. The van der Waals surface area contributed by atoms with Gasteiger partial charge in [-0.25, -0.2) is 4.79 Å². The summed E-state index contributed by atoms with van der Waals surface area (Å²) >= 11 is 0. The molecule has 0 aliphatic carbocycles. The van der Waals surface area contributed by atoms with E-state index in [4.69, 9.17) is 20.6 Å². The number of esters is 1. The van der Waals surface area contributed by atoms with Gasteiger partial charge in [0.2, 0.25) is 35.4 Å². The number of benzene rings is 2. The molecule has 0 saturated carbocycles. The predicted octanol–water partition coefficient (Wildman–Crippen LogP) is 1.68. The van der Waals surface area contributed by atoms with Gasteiger partial charge in [0, 0.05) is 47.3 Å². The zero-order valence-corrected chi connectivity index (χ0v) is 35.8. The van der Waals surface area contributed by atoms with Crippen molar-refractivity contribution in [2.75, 3.05) is 99.4 Å². The first-order valence-corrected chi connectivity index (χ1v) is 19.7. The van der Waals surface area contributed by atoms with E-state index < -0.39 is 74.3 Å². The van der Waals surface area contributed by atoms with Crippen LogP contribution in [0.5, 0.6) is 5.75 Å². The molecule has 2 rings (SSSR count). The fourth-order valence-corrected chi connectivity index (χ4v) is 6.01. The fraction of sp³-hybridized carbons (Fsp3) is 0.455. The van der Waals surface area contributed by atoms with Gasteiger partial charge >= 0.3 is 5.97 Å². The van der Waals surface area contributed by atoms with E-state index in [1.165, 1.54) is 59.0 Å². The summed E-state index contributed by atoms with van der Waals surface area (Å²) in [6, 6.07) is 14.9. The highest BCUT2D eigenvalue weighted by Gasteiger charge is 2.30. The standard InChI is InChI=1S/C44H58N6O11/c1-8-20-45(27-40(54)47(22-10-3)29-42(56)49(24-26-60-7)32-44(58)61-38-19-15-14-18-37(38)33-51)39(53)28-46(21-9-2)41(55)30-48(23-25-59-6)43(57)31-50(35(5)52)34(4)36-16-12-11-13-17-36/h3,9,11-19,33-34H,2,8,20-32H2,1,4-7H3/t34-/m0/s1. The van der Waals surface area contributed by atoms with Crippen LogP contribution in [-0.4, -0.2) is 177 Å². The van der Waals surface area contributed by atoms with Crippen molar-refractivity contribution in [2.45, 2.75) is 33.2 Å². The predicted molar refractivity (Wildman–Crippen MR) is 226 cm³/mol. The van der Waals surface area contributed by atoms with Crippen molar-refractivity contribution in [3.05, 3.63) is 78.4 Å².